The first-order chi connectivity index (χ1) is 64.8. The number of carboxylic acids is 6. The van der Waals surface area contributed by atoms with Crippen LogP contribution in [0.1, 0.15) is 246 Å². The lowest BCUT2D eigenvalue weighted by Gasteiger charge is -2.28. The highest BCUT2D eigenvalue weighted by Gasteiger charge is 2.32. The van der Waals surface area contributed by atoms with E-state index in [0.717, 1.165) is 12.8 Å². The van der Waals surface area contributed by atoms with E-state index < -0.39 is 117 Å². The molecule has 1 fully saturated rings. The van der Waals surface area contributed by atoms with E-state index in [1.165, 1.54) is 6.92 Å². The highest BCUT2D eigenvalue weighted by atomic mass is 32.2. The first-order valence-corrected chi connectivity index (χ1v) is 48.0. The van der Waals surface area contributed by atoms with Crippen molar-refractivity contribution < 1.29 is 168 Å². The summed E-state index contributed by atoms with van der Waals surface area (Å²) in [5, 5.41) is 88.7. The molecule has 5 atom stereocenters. The number of carbonyl (C=O) groups is 19. The van der Waals surface area contributed by atoms with Crippen LogP contribution >= 0.6 is 0 Å². The molecule has 778 valence electrons. The SMILES string of the molecule is CCC(=O)NCCCCC(NC(=O)COCCOCCCC(C)=O)C(=O)O.CCCC(NC(=O)CCC(CC(=O)COCCOCCNC(=O)CCCS(=O)(=O)NC(=O)CCCc1nn[nH]n1)C(=O)O)C(=O)O.CCOCC(=O)NC(CCCCNC(=O)CC)C(=O)O.CCOCCCC(=O)COCCOCCNC(=O)CCC(CC(=O)C1CCC(CNC(=O)CCCC(=O)O)CC1)C(=O)O. The van der Waals surface area contributed by atoms with Gasteiger partial charge in [-0.05, 0) is 142 Å². The molecule has 136 heavy (non-hydrogen) atoms. The van der Waals surface area contributed by atoms with E-state index in [1.807, 2.05) is 11.6 Å². The number of unbranched alkanes of at least 4 members (excludes halogenated alkanes) is 2. The van der Waals surface area contributed by atoms with Gasteiger partial charge in [-0.1, -0.05) is 32.4 Å². The second kappa shape index (κ2) is 82.7. The molecule has 9 amide bonds. The van der Waals surface area contributed by atoms with Crippen LogP contribution in [-0.2, 0) is 145 Å². The molecule has 2 rings (SSSR count). The molecule has 0 radical (unpaired) electrons. The van der Waals surface area contributed by atoms with Gasteiger partial charge in [0, 0.05) is 149 Å². The fraction of sp³-hybridized carbons (Fsp3) is 0.770. The van der Waals surface area contributed by atoms with Gasteiger partial charge in [-0.2, -0.15) is 5.21 Å². The molecular weight excluding hydrogens is 1820 g/mol. The number of hydrogen-bond acceptors (Lipinski definition) is 32. The average Bonchev–Trinajstić information content (AvgIpc) is 1.03. The van der Waals surface area contributed by atoms with E-state index >= 15 is 0 Å². The van der Waals surface area contributed by atoms with Crippen molar-refractivity contribution in [1.29, 1.82) is 0 Å². The van der Waals surface area contributed by atoms with Crippen molar-refractivity contribution in [3.8, 4) is 0 Å². The van der Waals surface area contributed by atoms with E-state index in [9.17, 15) is 110 Å². The largest absolute Gasteiger partial charge is 0.481 e. The van der Waals surface area contributed by atoms with Crippen molar-refractivity contribution in [3.63, 3.8) is 0 Å². The number of hydrogen-bond donors (Lipinski definition) is 16. The lowest BCUT2D eigenvalue weighted by atomic mass is 9.78. The number of amides is 9. The Kier molecular flexibility index (Phi) is 77.5. The fourth-order valence-electron chi connectivity index (χ4n) is 12.4. The lowest BCUT2D eigenvalue weighted by Crippen LogP contribution is -2.42. The lowest BCUT2D eigenvalue weighted by molar-refractivity contribution is -0.145. The maximum absolute atomic E-state index is 12.8. The number of rotatable bonds is 81. The Morgan fingerprint density at radius 1 is 0.390 bits per heavy atom. The van der Waals surface area contributed by atoms with E-state index in [0.29, 0.717) is 168 Å². The molecule has 49 heteroatoms. The van der Waals surface area contributed by atoms with Gasteiger partial charge in [0.25, 0.3) is 0 Å². The van der Waals surface area contributed by atoms with Gasteiger partial charge in [-0.25, -0.2) is 22.8 Å². The highest BCUT2D eigenvalue weighted by molar-refractivity contribution is 7.90. The summed E-state index contributed by atoms with van der Waals surface area (Å²) in [6.07, 6.45) is 9.85. The molecule has 16 N–H and O–H groups in total. The number of H-pyrrole nitrogens is 1. The number of aliphatic carboxylic acids is 6. The highest BCUT2D eigenvalue weighted by Crippen LogP contribution is 2.31. The maximum atomic E-state index is 12.8. The fourth-order valence-corrected chi connectivity index (χ4v) is 13.4. The van der Waals surface area contributed by atoms with Gasteiger partial charge < -0.3 is 116 Å². The number of aromatic nitrogens is 4. The predicted molar refractivity (Wildman–Crippen MR) is 484 cm³/mol. The van der Waals surface area contributed by atoms with Crippen molar-refractivity contribution >= 4 is 122 Å². The van der Waals surface area contributed by atoms with Crippen LogP contribution in [0.5, 0.6) is 0 Å². The Bertz CT molecular complexity index is 3780. The van der Waals surface area contributed by atoms with Crippen LogP contribution in [0.15, 0.2) is 0 Å². The molecule has 0 aromatic carbocycles. The first kappa shape index (κ1) is 127. The van der Waals surface area contributed by atoms with Crippen LogP contribution in [0.4, 0.5) is 0 Å². The van der Waals surface area contributed by atoms with Crippen molar-refractivity contribution in [2.75, 3.05) is 144 Å². The van der Waals surface area contributed by atoms with Gasteiger partial charge >= 0.3 is 35.8 Å². The number of Topliss-reactive ketones (excluding diaryl/α,β-unsaturated/α-hetero) is 4. The number of tetrazole rings is 1. The third kappa shape index (κ3) is 76.6. The zero-order valence-electron chi connectivity index (χ0n) is 79.5. The molecule has 0 spiro atoms. The molecule has 1 aliphatic rings. The number of carboxylic acid groups (broad SMARTS) is 6. The van der Waals surface area contributed by atoms with Crippen molar-refractivity contribution in [2.24, 2.45) is 23.7 Å². The standard InChI is InChI=1S/C30H50N2O11.C26H43N7O12S.C18H32N2O7.C13H24N2O5/c1-2-41-15-4-5-25(33)21-43-18-17-42-16-14-31-28(36)13-12-24(30(39)40)19-26(34)23-10-8-22(9-11-23)20-32-27(35)6-3-7-29(37)38;1-2-5-20(26(40)41)28-23(36)10-9-18(25(38)39)16-19(34)17-45-14-13-44-12-11-27-22(35)8-4-15-46(42,43)31-24(37)7-3-6-21-29-32-33-30-21;1-3-16(22)19-9-5-4-8-15(18(24)25)20-17(23)13-27-12-11-26-10-6-7-14(2)21;1-3-11(16)14-8-6-5-7-10(13(18)19)15-12(17)9-20-4-2/h22-24H,2-21H2,1H3,(H,31,36)(H,32,35)(H,37,38)(H,39,40);18,20H,2-17H2,1H3,(H,27,35)(H,28,36)(H,31,37)(H,38,39)(H,40,41)(H,29,30,32,33);15H,3-13H2,1-2H3,(H,19,22)(H,20,23)(H,24,25);10H,3-9H2,1-2H3,(H,14,16)(H,15,17)(H,18,19). The Morgan fingerprint density at radius 2 is 0.838 bits per heavy atom. The first-order valence-electron chi connectivity index (χ1n) is 46.3. The molecule has 0 saturated heterocycles. The Labute approximate surface area is 793 Å². The van der Waals surface area contributed by atoms with Gasteiger partial charge in [-0.15, -0.1) is 10.2 Å². The summed E-state index contributed by atoms with van der Waals surface area (Å²) in [5.41, 5.74) is 0. The summed E-state index contributed by atoms with van der Waals surface area (Å²) in [5.74, 6) is -12.3. The minimum Gasteiger partial charge on any atom is -0.481 e. The molecular formula is C87H149N13O35S. The van der Waals surface area contributed by atoms with Gasteiger partial charge in [0.2, 0.25) is 63.2 Å². The summed E-state index contributed by atoms with van der Waals surface area (Å²) < 4.78 is 67.6. The van der Waals surface area contributed by atoms with Gasteiger partial charge in [0.15, 0.2) is 17.4 Å². The van der Waals surface area contributed by atoms with E-state index in [4.69, 9.17) is 58.3 Å². The number of aromatic amines is 1. The molecule has 1 aromatic rings. The van der Waals surface area contributed by atoms with Crippen LogP contribution < -0.4 is 47.3 Å². The topological polar surface area (TPSA) is 716 Å². The number of ketones is 4. The van der Waals surface area contributed by atoms with Crippen molar-refractivity contribution in [1.82, 2.24) is 67.9 Å². The molecule has 0 aliphatic heterocycles. The molecule has 1 aliphatic carbocycles. The smallest absolute Gasteiger partial charge is 0.326 e. The summed E-state index contributed by atoms with van der Waals surface area (Å²) in [6.45, 7) is 15.2. The molecule has 0 bridgehead atoms. The van der Waals surface area contributed by atoms with Crippen LogP contribution in [0, 0.1) is 23.7 Å². The maximum Gasteiger partial charge on any atom is 0.326 e. The summed E-state index contributed by atoms with van der Waals surface area (Å²) in [4.78, 5) is 219. The van der Waals surface area contributed by atoms with Crippen molar-refractivity contribution in [2.45, 2.75) is 265 Å². The number of nitrogens with one attached hydrogen (secondary N) is 10. The second-order valence-corrected chi connectivity index (χ2v) is 33.3. The normalized spacial score (nSPS) is 13.7. The number of nitrogens with zero attached hydrogens (tertiary/aromatic N) is 3. The molecule has 1 saturated carbocycles. The molecule has 1 heterocycles. The van der Waals surface area contributed by atoms with E-state index in [-0.39, 0.29) is 222 Å². The van der Waals surface area contributed by atoms with Gasteiger partial charge in [0.05, 0.1) is 70.4 Å². The molecule has 5 unspecified atom stereocenters. The Balaban J connectivity index is 0. The number of aryl methyl sites for hydroxylation is 1. The zero-order chi connectivity index (χ0) is 102. The van der Waals surface area contributed by atoms with Crippen LogP contribution in [0.2, 0.25) is 0 Å². The summed E-state index contributed by atoms with van der Waals surface area (Å²) in [6, 6.07) is -2.95. The van der Waals surface area contributed by atoms with Gasteiger partial charge in [0.1, 0.15) is 56.1 Å². The quantitative estimate of drug-likeness (QED) is 0.0413. The molecule has 1 aromatic heterocycles. The Morgan fingerprint density at radius 3 is 1.34 bits per heavy atom. The minimum atomic E-state index is -3.89. The van der Waals surface area contributed by atoms with E-state index in [1.54, 1.807) is 27.7 Å². The third-order valence-corrected chi connectivity index (χ3v) is 21.2. The van der Waals surface area contributed by atoms with Crippen molar-refractivity contribution in [3.05, 3.63) is 5.82 Å². The number of ether oxygens (including phenoxy) is 8. The van der Waals surface area contributed by atoms with Crippen LogP contribution in [0.3, 0.4) is 0 Å². The third-order valence-electron chi connectivity index (χ3n) is 19.8. The van der Waals surface area contributed by atoms with Gasteiger partial charge in [-0.3, -0.25) is 76.6 Å². The van der Waals surface area contributed by atoms with Crippen LogP contribution in [-0.4, -0.2) is 334 Å². The predicted octanol–water partition coefficient (Wildman–Crippen LogP) is 1.79. The average molecular weight is 1970 g/mol. The summed E-state index contributed by atoms with van der Waals surface area (Å²) in [7, 11) is -3.89. The van der Waals surface area contributed by atoms with Crippen LogP contribution in [0.25, 0.3) is 0 Å². The summed E-state index contributed by atoms with van der Waals surface area (Å²) >= 11 is 0. The molecule has 48 nitrogen and oxygen atoms in total. The van der Waals surface area contributed by atoms with E-state index in [2.05, 4.69) is 63.2 Å². The zero-order valence-corrected chi connectivity index (χ0v) is 80.3. The number of sulfonamides is 1. The second-order valence-electron chi connectivity index (χ2n) is 31.5. The number of carbonyl (C=O) groups excluding carboxylic acids is 13. The monoisotopic (exact) mass is 1970 g/mol. The Hall–Kier alpha value is -10.6. The minimum absolute atomic E-state index is 0.000110.